The summed E-state index contributed by atoms with van der Waals surface area (Å²) in [6.45, 7) is 0. The van der Waals surface area contributed by atoms with Gasteiger partial charge in [0.15, 0.2) is 5.75 Å². The van der Waals surface area contributed by atoms with Crippen molar-refractivity contribution in [3.63, 3.8) is 0 Å². The van der Waals surface area contributed by atoms with E-state index in [1.54, 1.807) is 6.07 Å². The minimum atomic E-state index is -0.896. The first-order valence-corrected chi connectivity index (χ1v) is 10.1. The molecule has 1 saturated carbocycles. The third kappa shape index (κ3) is 3.22. The fraction of sp³-hybridized carbons (Fsp3) is 0.263. The van der Waals surface area contributed by atoms with E-state index in [2.05, 4.69) is 15.3 Å². The number of nitriles is 1. The third-order valence-electron chi connectivity index (χ3n) is 5.51. The third-order valence-corrected chi connectivity index (χ3v) is 6.07. The summed E-state index contributed by atoms with van der Waals surface area (Å²) in [6, 6.07) is 4.31. The molecule has 2 N–H and O–H groups in total. The zero-order valence-electron chi connectivity index (χ0n) is 15.6. The van der Waals surface area contributed by atoms with Gasteiger partial charge in [0.05, 0.1) is 15.7 Å². The van der Waals surface area contributed by atoms with Crippen LogP contribution < -0.4 is 21.5 Å². The fourth-order valence-corrected chi connectivity index (χ4v) is 4.51. The minimum absolute atomic E-state index is 0.0442. The van der Waals surface area contributed by atoms with Crippen LogP contribution in [0.1, 0.15) is 35.6 Å². The zero-order chi connectivity index (χ0) is 21.9. The minimum Gasteiger partial charge on any atom is -0.434 e. The number of rotatable bonds is 3. The smallest absolute Gasteiger partial charge is 0.349 e. The molecule has 2 aliphatic carbocycles. The number of aromatic amines is 2. The Balaban J connectivity index is 1.56. The number of ether oxygens (including phenoxy) is 1. The number of hydrogen-bond acceptors (Lipinski definition) is 7. The lowest BCUT2D eigenvalue weighted by molar-refractivity contribution is 0.440. The highest BCUT2D eigenvalue weighted by Gasteiger charge is 2.45. The quantitative estimate of drug-likeness (QED) is 0.609. The number of aromatic nitrogens is 5. The van der Waals surface area contributed by atoms with Gasteiger partial charge in [0, 0.05) is 11.1 Å². The molecule has 31 heavy (non-hydrogen) atoms. The molecule has 1 fully saturated rings. The highest BCUT2D eigenvalue weighted by Crippen LogP contribution is 2.54. The zero-order valence-corrected chi connectivity index (χ0v) is 17.1. The number of halogens is 2. The lowest BCUT2D eigenvalue weighted by Gasteiger charge is -2.18. The van der Waals surface area contributed by atoms with Crippen LogP contribution in [0.15, 0.2) is 26.5 Å². The van der Waals surface area contributed by atoms with Crippen molar-refractivity contribution in [2.75, 3.05) is 0 Å². The van der Waals surface area contributed by atoms with Crippen molar-refractivity contribution in [3.05, 3.63) is 70.2 Å². The van der Waals surface area contributed by atoms with Gasteiger partial charge in [0.1, 0.15) is 6.07 Å². The summed E-state index contributed by atoms with van der Waals surface area (Å²) in [5.41, 5.74) is -0.882. The molecular formula is C19H12Cl2N6O4. The number of benzene rings is 1. The van der Waals surface area contributed by atoms with Crippen LogP contribution in [-0.4, -0.2) is 25.0 Å². The van der Waals surface area contributed by atoms with Crippen LogP contribution in [0, 0.1) is 17.2 Å². The Kier molecular flexibility index (Phi) is 4.46. The highest BCUT2D eigenvalue weighted by molar-refractivity contribution is 6.37. The molecule has 2 atom stereocenters. The predicted octanol–water partition coefficient (Wildman–Crippen LogP) is 2.02. The number of nitrogens with zero attached hydrogens (tertiary/aromatic N) is 4. The summed E-state index contributed by atoms with van der Waals surface area (Å²) < 4.78 is 6.68. The van der Waals surface area contributed by atoms with E-state index in [-0.39, 0.29) is 38.8 Å². The van der Waals surface area contributed by atoms with Gasteiger partial charge >= 0.3 is 5.69 Å². The summed E-state index contributed by atoms with van der Waals surface area (Å²) in [6.07, 6.45) is 2.62. The molecule has 156 valence electrons. The van der Waals surface area contributed by atoms with E-state index in [1.165, 1.54) is 12.1 Å². The van der Waals surface area contributed by atoms with Gasteiger partial charge in [-0.1, -0.05) is 23.2 Å². The lowest BCUT2D eigenvalue weighted by Crippen LogP contribution is -2.33. The molecule has 2 aromatic heterocycles. The molecule has 1 aromatic carbocycles. The Hall–Kier alpha value is -3.42. The monoisotopic (exact) mass is 458 g/mol. The second kappa shape index (κ2) is 7.08. The Bertz CT molecular complexity index is 1440. The van der Waals surface area contributed by atoms with Gasteiger partial charge < -0.3 is 4.74 Å². The second-order valence-electron chi connectivity index (χ2n) is 7.36. The van der Waals surface area contributed by atoms with Crippen LogP contribution in [0.25, 0.3) is 5.69 Å². The lowest BCUT2D eigenvalue weighted by atomic mass is 9.94. The van der Waals surface area contributed by atoms with Crippen LogP contribution in [0.5, 0.6) is 11.6 Å². The van der Waals surface area contributed by atoms with E-state index < -0.39 is 16.9 Å². The highest BCUT2D eigenvalue weighted by atomic mass is 35.5. The van der Waals surface area contributed by atoms with Crippen molar-refractivity contribution in [1.29, 1.82) is 5.26 Å². The molecule has 2 heterocycles. The number of fused-ring (bicyclic) bond motifs is 3. The Morgan fingerprint density at radius 1 is 1.19 bits per heavy atom. The maximum Gasteiger partial charge on any atom is 0.349 e. The summed E-state index contributed by atoms with van der Waals surface area (Å²) in [5.74, 6) is 1.09. The molecule has 0 aliphatic heterocycles. The molecule has 0 spiro atoms. The van der Waals surface area contributed by atoms with Crippen LogP contribution in [0.4, 0.5) is 0 Å². The standard InChI is InChI=1S/C19H12Cl2N6O4/c20-11-4-8(27-19(30)23-16(28)13(6-22)26-27)5-12(21)15(11)31-18-9-2-1-7-3-10(7)14(9)17(29)24-25-18/h4-5,7,10H,1-3H2,(H,24,29)(H,23,28,30). The largest absolute Gasteiger partial charge is 0.434 e. The average molecular weight is 459 g/mol. The molecule has 10 nitrogen and oxygen atoms in total. The molecule has 0 saturated heterocycles. The number of H-pyrrole nitrogens is 2. The molecule has 2 aliphatic rings. The van der Waals surface area contributed by atoms with E-state index in [9.17, 15) is 14.4 Å². The topological polar surface area (TPSA) is 147 Å². The molecule has 5 rings (SSSR count). The molecule has 12 heteroatoms. The van der Waals surface area contributed by atoms with E-state index in [0.717, 1.165) is 23.1 Å². The van der Waals surface area contributed by atoms with E-state index in [4.69, 9.17) is 33.2 Å². The molecule has 0 amide bonds. The van der Waals surface area contributed by atoms with Crippen molar-refractivity contribution < 1.29 is 4.74 Å². The van der Waals surface area contributed by atoms with E-state index >= 15 is 0 Å². The molecule has 3 aromatic rings. The fourth-order valence-electron chi connectivity index (χ4n) is 3.96. The summed E-state index contributed by atoms with van der Waals surface area (Å²) >= 11 is 12.7. The van der Waals surface area contributed by atoms with Gasteiger partial charge in [0.25, 0.3) is 11.1 Å². The SMILES string of the molecule is N#Cc1nn(-c2cc(Cl)c(Oc3n[nH]c(=O)c4c3CCC3CC43)c(Cl)c2)c(=O)[nH]c1=O. The average Bonchev–Trinajstić information content (AvgIpc) is 3.52. The van der Waals surface area contributed by atoms with Gasteiger partial charge in [-0.2, -0.15) is 9.94 Å². The first-order chi connectivity index (χ1) is 14.9. The van der Waals surface area contributed by atoms with Crippen molar-refractivity contribution in [3.8, 4) is 23.4 Å². The molecule has 2 unspecified atom stereocenters. The predicted molar refractivity (Wildman–Crippen MR) is 109 cm³/mol. The van der Waals surface area contributed by atoms with Crippen LogP contribution in [0.2, 0.25) is 10.0 Å². The van der Waals surface area contributed by atoms with Gasteiger partial charge in [0.2, 0.25) is 11.6 Å². The molecule has 0 radical (unpaired) electrons. The second-order valence-corrected chi connectivity index (χ2v) is 8.18. The Morgan fingerprint density at radius 3 is 2.65 bits per heavy atom. The van der Waals surface area contributed by atoms with Crippen LogP contribution in [0.3, 0.4) is 0 Å². The van der Waals surface area contributed by atoms with Crippen molar-refractivity contribution in [1.82, 2.24) is 25.0 Å². The van der Waals surface area contributed by atoms with Crippen LogP contribution >= 0.6 is 23.2 Å². The molecular weight excluding hydrogens is 447 g/mol. The van der Waals surface area contributed by atoms with Crippen molar-refractivity contribution in [2.24, 2.45) is 5.92 Å². The van der Waals surface area contributed by atoms with Gasteiger partial charge in [-0.15, -0.1) is 10.2 Å². The van der Waals surface area contributed by atoms with Gasteiger partial charge in [-0.05, 0) is 43.2 Å². The van der Waals surface area contributed by atoms with E-state index in [0.29, 0.717) is 17.9 Å². The normalized spacial score (nSPS) is 18.6. The van der Waals surface area contributed by atoms with E-state index in [1.807, 2.05) is 4.98 Å². The summed E-state index contributed by atoms with van der Waals surface area (Å²) in [5, 5.41) is 19.3. The Morgan fingerprint density at radius 2 is 1.94 bits per heavy atom. The Labute approximate surface area is 183 Å². The van der Waals surface area contributed by atoms with Gasteiger partial charge in [-0.3, -0.25) is 14.6 Å². The van der Waals surface area contributed by atoms with Gasteiger partial charge in [-0.25, -0.2) is 9.89 Å². The maximum atomic E-state index is 12.2. The number of hydrogen-bond donors (Lipinski definition) is 2. The first-order valence-electron chi connectivity index (χ1n) is 9.30. The number of nitrogens with one attached hydrogen (secondary N) is 2. The summed E-state index contributed by atoms with van der Waals surface area (Å²) in [4.78, 5) is 37.9. The van der Waals surface area contributed by atoms with Crippen molar-refractivity contribution in [2.45, 2.75) is 25.2 Å². The first kappa shape index (κ1) is 19.5. The van der Waals surface area contributed by atoms with Crippen molar-refractivity contribution >= 4 is 23.2 Å². The summed E-state index contributed by atoms with van der Waals surface area (Å²) in [7, 11) is 0. The maximum absolute atomic E-state index is 12.2. The molecule has 0 bridgehead atoms. The van der Waals surface area contributed by atoms with Crippen LogP contribution in [-0.2, 0) is 6.42 Å².